The first-order chi connectivity index (χ1) is 5.97. The highest BCUT2D eigenvalue weighted by Crippen LogP contribution is 2.13. The molecular formula is C10H18N2. The Hall–Kier alpha value is -0.340. The predicted molar refractivity (Wildman–Crippen MR) is 51.2 cm³/mol. The van der Waals surface area contributed by atoms with Gasteiger partial charge in [0.25, 0.3) is 0 Å². The van der Waals surface area contributed by atoms with E-state index in [4.69, 9.17) is 0 Å². The van der Waals surface area contributed by atoms with Crippen molar-refractivity contribution in [2.75, 3.05) is 13.1 Å². The highest BCUT2D eigenvalue weighted by molar-refractivity contribution is 5.03. The van der Waals surface area contributed by atoms with Gasteiger partial charge in [-0.1, -0.05) is 18.6 Å². The van der Waals surface area contributed by atoms with Crippen molar-refractivity contribution in [1.29, 1.82) is 0 Å². The van der Waals surface area contributed by atoms with Crippen molar-refractivity contribution < 1.29 is 0 Å². The van der Waals surface area contributed by atoms with Crippen molar-refractivity contribution in [2.45, 2.75) is 37.8 Å². The van der Waals surface area contributed by atoms with Gasteiger partial charge in [0.15, 0.2) is 0 Å². The molecule has 0 aromatic heterocycles. The lowest BCUT2D eigenvalue weighted by molar-refractivity contribution is 0.340. The SMILES string of the molecule is C1=CC(C2CCCCN2)NCC1. The van der Waals surface area contributed by atoms with E-state index in [9.17, 15) is 0 Å². The third-order valence-corrected chi connectivity index (χ3v) is 2.82. The molecule has 0 aliphatic carbocycles. The number of rotatable bonds is 1. The van der Waals surface area contributed by atoms with Gasteiger partial charge in [-0.25, -0.2) is 0 Å². The van der Waals surface area contributed by atoms with Crippen LogP contribution in [0.25, 0.3) is 0 Å². The largest absolute Gasteiger partial charge is 0.312 e. The van der Waals surface area contributed by atoms with E-state index < -0.39 is 0 Å². The molecule has 0 aromatic rings. The molecule has 2 rings (SSSR count). The van der Waals surface area contributed by atoms with Crippen LogP contribution in [-0.4, -0.2) is 25.2 Å². The zero-order valence-electron chi connectivity index (χ0n) is 7.55. The monoisotopic (exact) mass is 166 g/mol. The summed E-state index contributed by atoms with van der Waals surface area (Å²) in [5, 5.41) is 7.11. The second-order valence-electron chi connectivity index (χ2n) is 3.75. The van der Waals surface area contributed by atoms with Crippen molar-refractivity contribution in [3.8, 4) is 0 Å². The van der Waals surface area contributed by atoms with E-state index in [1.165, 1.54) is 32.2 Å². The molecule has 2 unspecified atom stereocenters. The van der Waals surface area contributed by atoms with Gasteiger partial charge in [-0.05, 0) is 32.4 Å². The van der Waals surface area contributed by atoms with Crippen LogP contribution in [0.15, 0.2) is 12.2 Å². The van der Waals surface area contributed by atoms with Crippen molar-refractivity contribution in [2.24, 2.45) is 0 Å². The van der Waals surface area contributed by atoms with Crippen LogP contribution < -0.4 is 10.6 Å². The standard InChI is InChI=1S/C10H18N2/c1-3-7-11-9(5-1)10-6-2-4-8-12-10/h1,5,9-12H,2-4,6-8H2. The fourth-order valence-electron chi connectivity index (χ4n) is 2.11. The summed E-state index contributed by atoms with van der Waals surface area (Å²) in [6, 6.07) is 1.29. The third-order valence-electron chi connectivity index (χ3n) is 2.82. The second-order valence-corrected chi connectivity index (χ2v) is 3.75. The van der Waals surface area contributed by atoms with Crippen LogP contribution in [0.1, 0.15) is 25.7 Å². The zero-order valence-corrected chi connectivity index (χ0v) is 7.55. The lowest BCUT2D eigenvalue weighted by Gasteiger charge is -2.31. The molecule has 2 nitrogen and oxygen atoms in total. The van der Waals surface area contributed by atoms with Gasteiger partial charge in [-0.15, -0.1) is 0 Å². The Morgan fingerprint density at radius 3 is 2.75 bits per heavy atom. The minimum atomic E-state index is 0.596. The van der Waals surface area contributed by atoms with Crippen molar-refractivity contribution in [3.05, 3.63) is 12.2 Å². The van der Waals surface area contributed by atoms with E-state index >= 15 is 0 Å². The summed E-state index contributed by atoms with van der Waals surface area (Å²) >= 11 is 0. The van der Waals surface area contributed by atoms with E-state index in [0.717, 1.165) is 6.54 Å². The minimum Gasteiger partial charge on any atom is -0.312 e. The predicted octanol–water partition coefficient (Wildman–Crippen LogP) is 1.05. The van der Waals surface area contributed by atoms with Crippen LogP contribution in [0.3, 0.4) is 0 Å². The van der Waals surface area contributed by atoms with E-state index in [2.05, 4.69) is 22.8 Å². The van der Waals surface area contributed by atoms with Crippen LogP contribution in [0.5, 0.6) is 0 Å². The minimum absolute atomic E-state index is 0.596. The maximum atomic E-state index is 3.58. The first-order valence-electron chi connectivity index (χ1n) is 5.10. The highest BCUT2D eigenvalue weighted by atomic mass is 15.0. The maximum Gasteiger partial charge on any atom is 0.0405 e. The Kier molecular flexibility index (Phi) is 2.79. The molecule has 2 aliphatic rings. The van der Waals surface area contributed by atoms with Crippen LogP contribution in [-0.2, 0) is 0 Å². The molecule has 0 amide bonds. The molecule has 2 heterocycles. The molecule has 0 saturated carbocycles. The van der Waals surface area contributed by atoms with Crippen molar-refractivity contribution in [1.82, 2.24) is 10.6 Å². The fourth-order valence-corrected chi connectivity index (χ4v) is 2.11. The van der Waals surface area contributed by atoms with Crippen LogP contribution >= 0.6 is 0 Å². The summed E-state index contributed by atoms with van der Waals surface area (Å²) in [6.45, 7) is 2.36. The Bertz CT molecular complexity index is 159. The topological polar surface area (TPSA) is 24.1 Å². The molecule has 2 heteroatoms. The summed E-state index contributed by atoms with van der Waals surface area (Å²) in [5.74, 6) is 0. The molecule has 2 atom stereocenters. The molecule has 0 radical (unpaired) electrons. The van der Waals surface area contributed by atoms with E-state index in [-0.39, 0.29) is 0 Å². The van der Waals surface area contributed by atoms with Gasteiger partial charge in [-0.2, -0.15) is 0 Å². The van der Waals surface area contributed by atoms with Gasteiger partial charge < -0.3 is 10.6 Å². The summed E-state index contributed by atoms with van der Waals surface area (Å²) in [5.41, 5.74) is 0. The number of hydrogen-bond acceptors (Lipinski definition) is 2. The van der Waals surface area contributed by atoms with E-state index in [0.29, 0.717) is 12.1 Å². The molecule has 68 valence electrons. The van der Waals surface area contributed by atoms with Gasteiger partial charge in [0.05, 0.1) is 0 Å². The number of piperidine rings is 1. The summed E-state index contributed by atoms with van der Waals surface area (Å²) in [7, 11) is 0. The smallest absolute Gasteiger partial charge is 0.0405 e. The van der Waals surface area contributed by atoms with Crippen LogP contribution in [0.2, 0.25) is 0 Å². The molecule has 2 aliphatic heterocycles. The quantitative estimate of drug-likeness (QED) is 0.569. The first kappa shape index (κ1) is 8.27. The fraction of sp³-hybridized carbons (Fsp3) is 0.800. The van der Waals surface area contributed by atoms with Crippen molar-refractivity contribution >= 4 is 0 Å². The Labute approximate surface area is 74.4 Å². The highest BCUT2D eigenvalue weighted by Gasteiger charge is 2.21. The van der Waals surface area contributed by atoms with E-state index in [1.54, 1.807) is 0 Å². The number of hydrogen-bond donors (Lipinski definition) is 2. The molecule has 0 spiro atoms. The van der Waals surface area contributed by atoms with Crippen LogP contribution in [0.4, 0.5) is 0 Å². The zero-order chi connectivity index (χ0) is 8.23. The average molecular weight is 166 g/mol. The van der Waals surface area contributed by atoms with Gasteiger partial charge in [0.2, 0.25) is 0 Å². The third kappa shape index (κ3) is 1.87. The normalized spacial score (nSPS) is 36.7. The molecule has 1 saturated heterocycles. The maximum absolute atomic E-state index is 3.58. The Morgan fingerprint density at radius 2 is 2.08 bits per heavy atom. The molecule has 12 heavy (non-hydrogen) atoms. The summed E-state index contributed by atoms with van der Waals surface area (Å²) < 4.78 is 0. The molecule has 0 aromatic carbocycles. The van der Waals surface area contributed by atoms with Gasteiger partial charge in [0.1, 0.15) is 0 Å². The number of nitrogens with one attached hydrogen (secondary N) is 2. The first-order valence-corrected chi connectivity index (χ1v) is 5.10. The Balaban J connectivity index is 1.88. The van der Waals surface area contributed by atoms with Crippen molar-refractivity contribution in [3.63, 3.8) is 0 Å². The summed E-state index contributed by atoms with van der Waals surface area (Å²) in [4.78, 5) is 0. The average Bonchev–Trinajstić information content (AvgIpc) is 2.21. The lowest BCUT2D eigenvalue weighted by Crippen LogP contribution is -2.50. The second kappa shape index (κ2) is 4.06. The molecular weight excluding hydrogens is 148 g/mol. The van der Waals surface area contributed by atoms with Gasteiger partial charge in [-0.3, -0.25) is 0 Å². The van der Waals surface area contributed by atoms with Gasteiger partial charge >= 0.3 is 0 Å². The molecule has 0 bridgehead atoms. The van der Waals surface area contributed by atoms with Crippen LogP contribution in [0, 0.1) is 0 Å². The Morgan fingerprint density at radius 1 is 1.08 bits per heavy atom. The lowest BCUT2D eigenvalue weighted by atomic mass is 9.96. The summed E-state index contributed by atoms with van der Waals surface area (Å²) in [6.07, 6.45) is 9.91. The van der Waals surface area contributed by atoms with Gasteiger partial charge in [0, 0.05) is 12.1 Å². The van der Waals surface area contributed by atoms with E-state index in [1.807, 2.05) is 0 Å². The molecule has 2 N–H and O–H groups in total. The molecule has 1 fully saturated rings.